The molecule has 214 valence electrons. The van der Waals surface area contributed by atoms with Gasteiger partial charge in [0.15, 0.2) is 0 Å². The molecule has 42 heavy (non-hydrogen) atoms. The van der Waals surface area contributed by atoms with Crippen LogP contribution >= 0.6 is 0 Å². The van der Waals surface area contributed by atoms with E-state index in [2.05, 4.69) is 10.2 Å². The molecule has 0 unspecified atom stereocenters. The van der Waals surface area contributed by atoms with Crippen LogP contribution in [0.4, 0.5) is 5.69 Å². The number of rotatable bonds is 5. The van der Waals surface area contributed by atoms with Crippen molar-refractivity contribution in [1.29, 1.82) is 0 Å². The molecule has 8 heteroatoms. The Bertz CT molecular complexity index is 1610. The van der Waals surface area contributed by atoms with Crippen molar-refractivity contribution in [2.75, 3.05) is 44.6 Å². The molecule has 3 amide bonds. The zero-order valence-corrected chi connectivity index (χ0v) is 23.8. The van der Waals surface area contributed by atoms with Gasteiger partial charge in [0.05, 0.1) is 16.8 Å². The second kappa shape index (κ2) is 12.1. The number of hydrogen-bond acceptors (Lipinski definition) is 5. The minimum Gasteiger partial charge on any atom is -0.339 e. The van der Waals surface area contributed by atoms with Gasteiger partial charge in [0.2, 0.25) is 5.91 Å². The van der Waals surface area contributed by atoms with E-state index in [1.165, 1.54) is 6.92 Å². The van der Waals surface area contributed by atoms with Crippen LogP contribution in [0, 0.1) is 0 Å². The van der Waals surface area contributed by atoms with Crippen molar-refractivity contribution in [2.45, 2.75) is 25.8 Å². The standard InChI is InChI=1S/C34H35N5O3/c1-24(40)35-27-11-7-10-26(22-27)32-23-30(29-12-5-6-13-31(29)36-32)34(42)39-20-18-37(19-21-39)28-14-16-38(17-15-28)33(41)25-8-3-2-4-9-25/h2-13,22-23,28H,14-21H2,1H3,(H,35,40). The number of carbonyl (C=O) groups is 3. The van der Waals surface area contributed by atoms with Crippen molar-refractivity contribution < 1.29 is 14.4 Å². The van der Waals surface area contributed by atoms with E-state index in [0.29, 0.717) is 36.1 Å². The fourth-order valence-electron chi connectivity index (χ4n) is 6.12. The maximum absolute atomic E-state index is 13.9. The van der Waals surface area contributed by atoms with Crippen LogP contribution in [0.1, 0.15) is 40.5 Å². The maximum Gasteiger partial charge on any atom is 0.254 e. The van der Waals surface area contributed by atoms with E-state index >= 15 is 0 Å². The van der Waals surface area contributed by atoms with Gasteiger partial charge in [-0.1, -0.05) is 48.5 Å². The van der Waals surface area contributed by atoms with Gasteiger partial charge in [0, 0.05) is 74.4 Å². The van der Waals surface area contributed by atoms with Gasteiger partial charge in [-0.3, -0.25) is 19.3 Å². The van der Waals surface area contributed by atoms with E-state index in [1.807, 2.05) is 94.7 Å². The summed E-state index contributed by atoms with van der Waals surface area (Å²) in [6, 6.07) is 27.1. The predicted octanol–water partition coefficient (Wildman–Crippen LogP) is 4.92. The smallest absolute Gasteiger partial charge is 0.254 e. The molecule has 1 N–H and O–H groups in total. The minimum absolute atomic E-state index is 0.00999. The fourth-order valence-corrected chi connectivity index (χ4v) is 6.12. The summed E-state index contributed by atoms with van der Waals surface area (Å²) >= 11 is 0. The maximum atomic E-state index is 13.9. The van der Waals surface area contributed by atoms with Crippen molar-refractivity contribution in [3.05, 3.63) is 96.1 Å². The zero-order chi connectivity index (χ0) is 29.1. The molecular formula is C34H35N5O3. The van der Waals surface area contributed by atoms with E-state index in [1.54, 1.807) is 0 Å². The molecule has 0 atom stereocenters. The lowest BCUT2D eigenvalue weighted by atomic mass is 10.0. The Morgan fingerprint density at radius 1 is 0.738 bits per heavy atom. The monoisotopic (exact) mass is 561 g/mol. The molecule has 0 spiro atoms. The fraction of sp³-hybridized carbons (Fsp3) is 0.294. The summed E-state index contributed by atoms with van der Waals surface area (Å²) in [6.45, 7) is 5.94. The Morgan fingerprint density at radius 3 is 2.17 bits per heavy atom. The Morgan fingerprint density at radius 2 is 1.43 bits per heavy atom. The number of carbonyl (C=O) groups excluding carboxylic acids is 3. The molecule has 3 aromatic carbocycles. The van der Waals surface area contributed by atoms with E-state index in [0.717, 1.165) is 61.1 Å². The topological polar surface area (TPSA) is 85.9 Å². The van der Waals surface area contributed by atoms with Crippen molar-refractivity contribution in [3.63, 3.8) is 0 Å². The first-order valence-electron chi connectivity index (χ1n) is 14.6. The molecular weight excluding hydrogens is 526 g/mol. The summed E-state index contributed by atoms with van der Waals surface area (Å²) in [7, 11) is 0. The number of benzene rings is 3. The van der Waals surface area contributed by atoms with E-state index in [-0.39, 0.29) is 17.7 Å². The van der Waals surface area contributed by atoms with E-state index in [4.69, 9.17) is 4.98 Å². The number of aromatic nitrogens is 1. The summed E-state index contributed by atoms with van der Waals surface area (Å²) in [5, 5.41) is 3.66. The lowest BCUT2D eigenvalue weighted by Gasteiger charge is -2.42. The Hall–Kier alpha value is -4.56. The van der Waals surface area contributed by atoms with Crippen molar-refractivity contribution in [2.24, 2.45) is 0 Å². The van der Waals surface area contributed by atoms with Crippen molar-refractivity contribution >= 4 is 34.3 Å². The quantitative estimate of drug-likeness (QED) is 0.374. The molecule has 8 nitrogen and oxygen atoms in total. The molecule has 2 aliphatic rings. The first-order valence-corrected chi connectivity index (χ1v) is 14.6. The number of anilines is 1. The lowest BCUT2D eigenvalue weighted by molar-refractivity contribution is -0.114. The summed E-state index contributed by atoms with van der Waals surface area (Å²) in [5.41, 5.74) is 4.37. The number of hydrogen-bond donors (Lipinski definition) is 1. The van der Waals surface area contributed by atoms with Crippen LogP contribution in [0.5, 0.6) is 0 Å². The Kier molecular flexibility index (Phi) is 7.97. The van der Waals surface area contributed by atoms with Crippen LogP contribution < -0.4 is 5.32 Å². The van der Waals surface area contributed by atoms with Crippen LogP contribution in [0.3, 0.4) is 0 Å². The van der Waals surface area contributed by atoms with E-state index in [9.17, 15) is 14.4 Å². The molecule has 0 saturated carbocycles. The third-order valence-corrected chi connectivity index (χ3v) is 8.32. The van der Waals surface area contributed by atoms with Gasteiger partial charge < -0.3 is 15.1 Å². The minimum atomic E-state index is -0.139. The molecule has 2 aliphatic heterocycles. The number of pyridine rings is 1. The van der Waals surface area contributed by atoms with Gasteiger partial charge in [-0.15, -0.1) is 0 Å². The first kappa shape index (κ1) is 27.6. The predicted molar refractivity (Wildman–Crippen MR) is 164 cm³/mol. The first-order chi connectivity index (χ1) is 20.5. The summed E-state index contributed by atoms with van der Waals surface area (Å²) in [4.78, 5) is 49.6. The van der Waals surface area contributed by atoms with Crippen LogP contribution in [0.15, 0.2) is 84.9 Å². The summed E-state index contributed by atoms with van der Waals surface area (Å²) < 4.78 is 0. The number of piperazine rings is 1. The van der Waals surface area contributed by atoms with Gasteiger partial charge >= 0.3 is 0 Å². The Labute approximate surface area is 245 Å². The highest BCUT2D eigenvalue weighted by Crippen LogP contribution is 2.28. The van der Waals surface area contributed by atoms with E-state index < -0.39 is 0 Å². The van der Waals surface area contributed by atoms with Gasteiger partial charge in [0.1, 0.15) is 0 Å². The van der Waals surface area contributed by atoms with Gasteiger partial charge in [-0.25, -0.2) is 4.98 Å². The SMILES string of the molecule is CC(=O)Nc1cccc(-c2cc(C(=O)N3CCN(C4CCN(C(=O)c5ccccc5)CC4)CC3)c3ccccc3n2)c1. The number of nitrogens with one attached hydrogen (secondary N) is 1. The van der Waals surface area contributed by atoms with Gasteiger partial charge in [-0.2, -0.15) is 0 Å². The third kappa shape index (κ3) is 5.90. The molecule has 2 fully saturated rings. The summed E-state index contributed by atoms with van der Waals surface area (Å²) in [5.74, 6) is -0.0223. The molecule has 4 aromatic rings. The third-order valence-electron chi connectivity index (χ3n) is 8.32. The van der Waals surface area contributed by atoms with Gasteiger partial charge in [0.25, 0.3) is 11.8 Å². The van der Waals surface area contributed by atoms with Crippen LogP contribution in [-0.4, -0.2) is 82.7 Å². The number of likely N-dealkylation sites (tertiary alicyclic amines) is 1. The highest BCUT2D eigenvalue weighted by molar-refractivity contribution is 6.07. The number of para-hydroxylation sites is 1. The highest BCUT2D eigenvalue weighted by atomic mass is 16.2. The average molecular weight is 562 g/mol. The number of piperidine rings is 1. The number of fused-ring (bicyclic) bond motifs is 1. The molecule has 0 aliphatic carbocycles. The summed E-state index contributed by atoms with van der Waals surface area (Å²) in [6.07, 6.45) is 1.89. The molecule has 1 aromatic heterocycles. The van der Waals surface area contributed by atoms with Crippen molar-refractivity contribution in [3.8, 4) is 11.3 Å². The molecule has 2 saturated heterocycles. The molecule has 0 bridgehead atoms. The van der Waals surface area contributed by atoms with Crippen LogP contribution in [-0.2, 0) is 4.79 Å². The zero-order valence-electron chi connectivity index (χ0n) is 23.8. The normalized spacial score (nSPS) is 16.4. The molecule has 3 heterocycles. The average Bonchev–Trinajstić information content (AvgIpc) is 3.04. The molecule has 0 radical (unpaired) electrons. The highest BCUT2D eigenvalue weighted by Gasteiger charge is 2.31. The van der Waals surface area contributed by atoms with Gasteiger partial charge in [-0.05, 0) is 49.2 Å². The Balaban J connectivity index is 1.13. The second-order valence-corrected chi connectivity index (χ2v) is 11.1. The largest absolute Gasteiger partial charge is 0.339 e. The number of nitrogens with zero attached hydrogens (tertiary/aromatic N) is 4. The lowest BCUT2D eigenvalue weighted by Crippen LogP contribution is -2.54. The second-order valence-electron chi connectivity index (χ2n) is 11.1. The van der Waals surface area contributed by atoms with Crippen LogP contribution in [0.25, 0.3) is 22.2 Å². The molecule has 6 rings (SSSR count). The van der Waals surface area contributed by atoms with Crippen molar-refractivity contribution in [1.82, 2.24) is 19.7 Å². The van der Waals surface area contributed by atoms with Crippen LogP contribution in [0.2, 0.25) is 0 Å². The number of amides is 3.